The molecule has 0 unspecified atom stereocenters. The lowest BCUT2D eigenvalue weighted by Crippen LogP contribution is -2.50. The number of carbonyl (C=O) groups excluding carboxylic acids is 2. The first-order chi connectivity index (χ1) is 10.6. The predicted octanol–water partition coefficient (Wildman–Crippen LogP) is 1.40. The molecule has 0 aromatic carbocycles. The minimum atomic E-state index is -1.66. The highest BCUT2D eigenvalue weighted by Crippen LogP contribution is 2.41. The van der Waals surface area contributed by atoms with Gasteiger partial charge in [0.25, 0.3) is 5.91 Å². The van der Waals surface area contributed by atoms with Crippen molar-refractivity contribution >= 4 is 17.5 Å². The van der Waals surface area contributed by atoms with Crippen molar-refractivity contribution in [3.63, 3.8) is 0 Å². The number of alkyl halides is 1. The van der Waals surface area contributed by atoms with Gasteiger partial charge < -0.3 is 9.80 Å². The van der Waals surface area contributed by atoms with Gasteiger partial charge >= 0.3 is 0 Å². The molecule has 0 N–H and O–H groups in total. The van der Waals surface area contributed by atoms with Crippen LogP contribution >= 0.6 is 0 Å². The van der Waals surface area contributed by atoms with Crippen molar-refractivity contribution < 1.29 is 14.0 Å². The molecule has 0 radical (unpaired) electrons. The van der Waals surface area contributed by atoms with E-state index in [0.29, 0.717) is 32.5 Å². The molecule has 6 heteroatoms. The lowest BCUT2D eigenvalue weighted by molar-refractivity contribution is -0.149. The molecule has 2 aliphatic heterocycles. The monoisotopic (exact) mass is 303 g/mol. The first-order valence-corrected chi connectivity index (χ1v) is 7.78. The smallest absolute Gasteiger partial charge is 0.260 e. The van der Waals surface area contributed by atoms with Crippen LogP contribution in [0.15, 0.2) is 24.5 Å². The fourth-order valence-corrected chi connectivity index (χ4v) is 3.76. The van der Waals surface area contributed by atoms with Crippen LogP contribution in [0.3, 0.4) is 0 Å². The number of anilines is 1. The van der Waals surface area contributed by atoms with Gasteiger partial charge in [-0.25, -0.2) is 4.39 Å². The van der Waals surface area contributed by atoms with Crippen molar-refractivity contribution in [2.45, 2.75) is 24.9 Å². The molecule has 2 saturated heterocycles. The van der Waals surface area contributed by atoms with Crippen LogP contribution in [0.1, 0.15) is 19.3 Å². The number of fused-ring (bicyclic) bond motifs is 1. The van der Waals surface area contributed by atoms with E-state index in [0.717, 1.165) is 12.1 Å². The van der Waals surface area contributed by atoms with Crippen molar-refractivity contribution in [1.82, 2.24) is 9.88 Å². The Morgan fingerprint density at radius 1 is 1.32 bits per heavy atom. The van der Waals surface area contributed by atoms with Gasteiger partial charge in [0, 0.05) is 31.7 Å². The maximum Gasteiger partial charge on any atom is 0.260 e. The highest BCUT2D eigenvalue weighted by molar-refractivity contribution is 5.98. The van der Waals surface area contributed by atoms with E-state index < -0.39 is 11.6 Å². The number of aromatic nitrogens is 1. The Bertz CT molecular complexity index is 617. The Kier molecular flexibility index (Phi) is 2.96. The maximum atomic E-state index is 14.3. The van der Waals surface area contributed by atoms with Crippen LogP contribution in [-0.4, -0.2) is 47.0 Å². The number of hydrogen-bond donors (Lipinski definition) is 0. The Morgan fingerprint density at radius 3 is 2.73 bits per heavy atom. The second-order valence-electron chi connectivity index (χ2n) is 6.56. The van der Waals surface area contributed by atoms with E-state index in [1.807, 2.05) is 6.07 Å². The topological polar surface area (TPSA) is 53.5 Å². The standard InChI is InChI=1S/C16H18FN3O2/c17-16(4-2-5-16)15(22)19-8-11-9-20(14(21)13(11)10-19)12-3-1-6-18-7-12/h1,3,6-7,11,13H,2,4-5,8-10H2/t11-,13-/m0/s1. The zero-order chi connectivity index (χ0) is 15.3. The van der Waals surface area contributed by atoms with Gasteiger partial charge in [-0.05, 0) is 31.4 Å². The largest absolute Gasteiger partial charge is 0.339 e. The number of rotatable bonds is 2. The molecule has 2 amide bonds. The average Bonchev–Trinajstić information content (AvgIpc) is 3.05. The van der Waals surface area contributed by atoms with Crippen molar-refractivity contribution in [1.29, 1.82) is 0 Å². The summed E-state index contributed by atoms with van der Waals surface area (Å²) in [5.74, 6) is -0.489. The normalized spacial score (nSPS) is 29.4. The minimum absolute atomic E-state index is 0.0230. The number of nitrogens with zero attached hydrogens (tertiary/aromatic N) is 3. The molecular formula is C16H18FN3O2. The van der Waals surface area contributed by atoms with Gasteiger partial charge in [0.2, 0.25) is 5.91 Å². The minimum Gasteiger partial charge on any atom is -0.339 e. The van der Waals surface area contributed by atoms with Crippen LogP contribution in [0.5, 0.6) is 0 Å². The molecule has 3 fully saturated rings. The van der Waals surface area contributed by atoms with Crippen molar-refractivity contribution in [3.05, 3.63) is 24.5 Å². The van der Waals surface area contributed by atoms with Crippen molar-refractivity contribution in [2.75, 3.05) is 24.5 Å². The van der Waals surface area contributed by atoms with Crippen molar-refractivity contribution in [3.8, 4) is 0 Å². The molecular weight excluding hydrogens is 285 g/mol. The summed E-state index contributed by atoms with van der Waals surface area (Å²) >= 11 is 0. The van der Waals surface area contributed by atoms with Gasteiger partial charge in [0.1, 0.15) is 0 Å². The summed E-state index contributed by atoms with van der Waals surface area (Å²) in [6.45, 7) is 1.42. The molecule has 2 atom stereocenters. The van der Waals surface area contributed by atoms with Gasteiger partial charge in [0.15, 0.2) is 5.67 Å². The Labute approximate surface area is 128 Å². The molecule has 1 saturated carbocycles. The summed E-state index contributed by atoms with van der Waals surface area (Å²) in [6, 6.07) is 3.66. The van der Waals surface area contributed by atoms with E-state index in [2.05, 4.69) is 4.98 Å². The summed E-state index contributed by atoms with van der Waals surface area (Å²) in [5.41, 5.74) is -0.870. The van der Waals surface area contributed by atoms with Crippen LogP contribution in [-0.2, 0) is 9.59 Å². The summed E-state index contributed by atoms with van der Waals surface area (Å²) in [5, 5.41) is 0. The highest BCUT2D eigenvalue weighted by atomic mass is 19.1. The molecule has 3 aliphatic rings. The highest BCUT2D eigenvalue weighted by Gasteiger charge is 2.53. The molecule has 1 aromatic rings. The second kappa shape index (κ2) is 4.76. The van der Waals surface area contributed by atoms with E-state index in [1.54, 1.807) is 28.3 Å². The average molecular weight is 303 g/mol. The summed E-state index contributed by atoms with van der Waals surface area (Å²) < 4.78 is 14.3. The first kappa shape index (κ1) is 13.7. The number of carbonyl (C=O) groups is 2. The van der Waals surface area contributed by atoms with Gasteiger partial charge in [-0.1, -0.05) is 0 Å². The third-order valence-corrected chi connectivity index (χ3v) is 5.22. The summed E-state index contributed by atoms with van der Waals surface area (Å²) in [7, 11) is 0. The zero-order valence-electron chi connectivity index (χ0n) is 12.2. The second-order valence-corrected chi connectivity index (χ2v) is 6.56. The Morgan fingerprint density at radius 2 is 2.14 bits per heavy atom. The van der Waals surface area contributed by atoms with Gasteiger partial charge in [-0.2, -0.15) is 0 Å². The van der Waals surface area contributed by atoms with Crippen LogP contribution < -0.4 is 4.90 Å². The molecule has 22 heavy (non-hydrogen) atoms. The number of hydrogen-bond acceptors (Lipinski definition) is 3. The third kappa shape index (κ3) is 1.93. The Balaban J connectivity index is 1.47. The maximum absolute atomic E-state index is 14.3. The van der Waals surface area contributed by atoms with E-state index in [1.165, 1.54) is 0 Å². The SMILES string of the molecule is O=C1[C@H]2CN(C(=O)C3(F)CCC3)C[C@H]2CN1c1cccnc1. The van der Waals surface area contributed by atoms with E-state index in [4.69, 9.17) is 0 Å². The van der Waals surface area contributed by atoms with Gasteiger partial charge in [-0.15, -0.1) is 0 Å². The molecule has 0 spiro atoms. The lowest BCUT2D eigenvalue weighted by Gasteiger charge is -2.36. The van der Waals surface area contributed by atoms with Crippen LogP contribution in [0.2, 0.25) is 0 Å². The lowest BCUT2D eigenvalue weighted by atomic mass is 9.81. The molecule has 1 aromatic heterocycles. The summed E-state index contributed by atoms with van der Waals surface area (Å²) in [6.07, 6.45) is 4.77. The molecule has 3 heterocycles. The van der Waals surface area contributed by atoms with Crippen LogP contribution in [0, 0.1) is 11.8 Å². The predicted molar refractivity (Wildman–Crippen MR) is 77.8 cm³/mol. The fourth-order valence-electron chi connectivity index (χ4n) is 3.76. The number of pyridine rings is 1. The number of likely N-dealkylation sites (tertiary alicyclic amines) is 1. The van der Waals surface area contributed by atoms with Crippen molar-refractivity contribution in [2.24, 2.45) is 11.8 Å². The molecule has 1 aliphatic carbocycles. The molecule has 5 nitrogen and oxygen atoms in total. The van der Waals surface area contributed by atoms with E-state index in [-0.39, 0.29) is 17.7 Å². The Hall–Kier alpha value is -1.98. The quantitative estimate of drug-likeness (QED) is 0.830. The number of halogens is 1. The van der Waals surface area contributed by atoms with Gasteiger partial charge in [-0.3, -0.25) is 14.6 Å². The van der Waals surface area contributed by atoms with Gasteiger partial charge in [0.05, 0.1) is 17.8 Å². The summed E-state index contributed by atoms with van der Waals surface area (Å²) in [4.78, 5) is 32.2. The molecule has 0 bridgehead atoms. The van der Waals surface area contributed by atoms with Crippen LogP contribution in [0.25, 0.3) is 0 Å². The van der Waals surface area contributed by atoms with Crippen LogP contribution in [0.4, 0.5) is 10.1 Å². The third-order valence-electron chi connectivity index (χ3n) is 5.22. The zero-order valence-corrected chi connectivity index (χ0v) is 12.2. The van der Waals surface area contributed by atoms with E-state index in [9.17, 15) is 14.0 Å². The number of amides is 2. The van der Waals surface area contributed by atoms with E-state index >= 15 is 0 Å². The molecule has 4 rings (SSSR count). The fraction of sp³-hybridized carbons (Fsp3) is 0.562. The first-order valence-electron chi connectivity index (χ1n) is 7.78. The molecule has 116 valence electrons.